The molecule has 2 heterocycles. The van der Waals surface area contributed by atoms with Crippen molar-refractivity contribution in [3.63, 3.8) is 0 Å². The molecule has 25 heavy (non-hydrogen) atoms. The van der Waals surface area contributed by atoms with Crippen LogP contribution in [0.4, 0.5) is 5.13 Å². The monoisotopic (exact) mass is 374 g/mol. The van der Waals surface area contributed by atoms with Crippen molar-refractivity contribution in [3.05, 3.63) is 48.6 Å². The number of hydrogen-bond acceptors (Lipinski definition) is 6. The van der Waals surface area contributed by atoms with Gasteiger partial charge in [-0.1, -0.05) is 59.5 Å². The Morgan fingerprint density at radius 2 is 2.04 bits per heavy atom. The summed E-state index contributed by atoms with van der Waals surface area (Å²) in [4.78, 5) is 15.1. The van der Waals surface area contributed by atoms with Gasteiger partial charge in [-0.25, -0.2) is 0 Å². The molecule has 0 unspecified atom stereocenters. The summed E-state index contributed by atoms with van der Waals surface area (Å²) in [5, 5.41) is 12.0. The number of aromatic nitrogens is 2. The standard InChI is InChI=1S/C18H22N4OS2/c1-2-11-19-17-20-21-18(25-17)24-15(14-9-5-3-6-10-14)16(23)22-12-7-4-8-13-22/h2-3,5-6,9-10,15H,1,4,7-8,11-13H2,(H,19,20)/t15-/m0/s1. The molecule has 0 spiro atoms. The molecule has 132 valence electrons. The summed E-state index contributed by atoms with van der Waals surface area (Å²) in [6.45, 7) is 6.04. The average Bonchev–Trinajstić information content (AvgIpc) is 3.13. The van der Waals surface area contributed by atoms with E-state index < -0.39 is 0 Å². The highest BCUT2D eigenvalue weighted by atomic mass is 32.2. The van der Waals surface area contributed by atoms with Gasteiger partial charge in [-0.2, -0.15) is 0 Å². The number of nitrogens with zero attached hydrogens (tertiary/aromatic N) is 3. The lowest BCUT2D eigenvalue weighted by molar-refractivity contribution is -0.131. The maximum atomic E-state index is 13.1. The van der Waals surface area contributed by atoms with Crippen LogP contribution in [0.3, 0.4) is 0 Å². The minimum absolute atomic E-state index is 0.173. The van der Waals surface area contributed by atoms with E-state index in [1.807, 2.05) is 35.2 Å². The molecule has 0 saturated carbocycles. The summed E-state index contributed by atoms with van der Waals surface area (Å²) in [7, 11) is 0. The molecule has 1 N–H and O–H groups in total. The van der Waals surface area contributed by atoms with Gasteiger partial charge in [-0.05, 0) is 24.8 Å². The first-order chi connectivity index (χ1) is 12.3. The highest BCUT2D eigenvalue weighted by molar-refractivity contribution is 8.01. The summed E-state index contributed by atoms with van der Waals surface area (Å²) in [5.41, 5.74) is 1.01. The van der Waals surface area contributed by atoms with E-state index in [2.05, 4.69) is 22.1 Å². The van der Waals surface area contributed by atoms with Crippen LogP contribution in [0.15, 0.2) is 47.3 Å². The molecular weight excluding hydrogens is 352 g/mol. The number of piperidine rings is 1. The van der Waals surface area contributed by atoms with Crippen molar-refractivity contribution in [1.29, 1.82) is 0 Å². The lowest BCUT2D eigenvalue weighted by Gasteiger charge is -2.30. The lowest BCUT2D eigenvalue weighted by Crippen LogP contribution is -2.38. The summed E-state index contributed by atoms with van der Waals surface area (Å²) in [6.07, 6.45) is 5.17. The van der Waals surface area contributed by atoms with Crippen molar-refractivity contribution in [2.24, 2.45) is 0 Å². The molecule has 1 aromatic carbocycles. The molecule has 0 bridgehead atoms. The van der Waals surface area contributed by atoms with Crippen LogP contribution in [0.2, 0.25) is 0 Å². The van der Waals surface area contributed by atoms with E-state index in [-0.39, 0.29) is 11.2 Å². The number of nitrogens with one attached hydrogen (secondary N) is 1. The van der Waals surface area contributed by atoms with E-state index in [0.29, 0.717) is 6.54 Å². The Hall–Kier alpha value is -1.86. The summed E-state index contributed by atoms with van der Waals surface area (Å²) < 4.78 is 0.797. The first-order valence-electron chi connectivity index (χ1n) is 8.46. The van der Waals surface area contributed by atoms with Gasteiger partial charge in [0.05, 0.1) is 0 Å². The molecule has 2 aromatic rings. The van der Waals surface area contributed by atoms with E-state index in [1.54, 1.807) is 6.08 Å². The molecule has 5 nitrogen and oxygen atoms in total. The van der Waals surface area contributed by atoms with Crippen LogP contribution < -0.4 is 5.32 Å². The summed E-state index contributed by atoms with van der Waals surface area (Å²) in [5.74, 6) is 0.173. The van der Waals surface area contributed by atoms with Gasteiger partial charge >= 0.3 is 0 Å². The smallest absolute Gasteiger partial charge is 0.240 e. The Bertz CT molecular complexity index is 698. The third-order valence-electron chi connectivity index (χ3n) is 4.02. The van der Waals surface area contributed by atoms with Crippen LogP contribution in [-0.2, 0) is 4.79 Å². The largest absolute Gasteiger partial charge is 0.357 e. The number of hydrogen-bond donors (Lipinski definition) is 1. The molecule has 1 saturated heterocycles. The quantitative estimate of drug-likeness (QED) is 0.587. The van der Waals surface area contributed by atoms with Gasteiger partial charge in [0.15, 0.2) is 4.34 Å². The highest BCUT2D eigenvalue weighted by Crippen LogP contribution is 2.39. The van der Waals surface area contributed by atoms with Gasteiger partial charge in [-0.3, -0.25) is 4.79 Å². The maximum absolute atomic E-state index is 13.1. The highest BCUT2D eigenvalue weighted by Gasteiger charge is 2.29. The SMILES string of the molecule is C=CCNc1nnc(S[C@H](C(=O)N2CCCCC2)c2ccccc2)s1. The molecule has 1 aliphatic rings. The van der Waals surface area contributed by atoms with Crippen molar-refractivity contribution in [2.75, 3.05) is 25.0 Å². The van der Waals surface area contributed by atoms with Gasteiger partial charge < -0.3 is 10.2 Å². The Labute approximate surface area is 156 Å². The van der Waals surface area contributed by atoms with Crippen LogP contribution in [0.1, 0.15) is 30.1 Å². The Balaban J connectivity index is 1.77. The van der Waals surface area contributed by atoms with Gasteiger partial charge in [0, 0.05) is 19.6 Å². The Kier molecular flexibility index (Phi) is 6.47. The third-order valence-corrected chi connectivity index (χ3v) is 6.22. The minimum atomic E-state index is -0.278. The fraction of sp³-hybridized carbons (Fsp3) is 0.389. The molecule has 3 rings (SSSR count). The first kappa shape index (κ1) is 17.9. The van der Waals surface area contributed by atoms with Crippen LogP contribution >= 0.6 is 23.1 Å². The molecule has 1 fully saturated rings. The minimum Gasteiger partial charge on any atom is -0.357 e. The van der Waals surface area contributed by atoms with Crippen LogP contribution in [0.25, 0.3) is 0 Å². The van der Waals surface area contributed by atoms with Crippen molar-refractivity contribution < 1.29 is 4.79 Å². The zero-order valence-corrected chi connectivity index (χ0v) is 15.7. The fourth-order valence-corrected chi connectivity index (χ4v) is 4.79. The van der Waals surface area contributed by atoms with E-state index in [1.165, 1.54) is 29.5 Å². The predicted molar refractivity (Wildman–Crippen MR) is 104 cm³/mol. The molecular formula is C18H22N4OS2. The number of rotatable bonds is 7. The summed E-state index contributed by atoms with van der Waals surface area (Å²) >= 11 is 2.96. The number of carbonyl (C=O) groups is 1. The van der Waals surface area contributed by atoms with Crippen molar-refractivity contribution in [2.45, 2.75) is 28.9 Å². The van der Waals surface area contributed by atoms with Crippen LogP contribution in [0.5, 0.6) is 0 Å². The predicted octanol–water partition coefficient (Wildman–Crippen LogP) is 3.98. The number of carbonyl (C=O) groups excluding carboxylic acids is 1. The van der Waals surface area contributed by atoms with Gasteiger partial charge in [-0.15, -0.1) is 16.8 Å². The molecule has 7 heteroatoms. The number of anilines is 1. The topological polar surface area (TPSA) is 58.1 Å². The van der Waals surface area contributed by atoms with Crippen molar-refractivity contribution >= 4 is 34.1 Å². The molecule has 0 radical (unpaired) electrons. The number of thioether (sulfide) groups is 1. The molecule has 0 aliphatic carbocycles. The fourth-order valence-electron chi connectivity index (χ4n) is 2.76. The normalized spacial score (nSPS) is 15.6. The lowest BCUT2D eigenvalue weighted by atomic mass is 10.1. The van der Waals surface area contributed by atoms with Crippen LogP contribution in [-0.4, -0.2) is 40.6 Å². The molecule has 1 atom stereocenters. The van der Waals surface area contributed by atoms with E-state index >= 15 is 0 Å². The second kappa shape index (κ2) is 9.01. The second-order valence-corrected chi connectivity index (χ2v) is 8.17. The number of amides is 1. The Morgan fingerprint density at radius 3 is 2.76 bits per heavy atom. The third kappa shape index (κ3) is 4.83. The van der Waals surface area contributed by atoms with E-state index in [0.717, 1.165) is 41.0 Å². The van der Waals surface area contributed by atoms with Gasteiger partial charge in [0.2, 0.25) is 11.0 Å². The van der Waals surface area contributed by atoms with Crippen LogP contribution in [0, 0.1) is 0 Å². The second-order valence-electron chi connectivity index (χ2n) is 5.84. The molecule has 1 aliphatic heterocycles. The average molecular weight is 375 g/mol. The zero-order valence-electron chi connectivity index (χ0n) is 14.1. The van der Waals surface area contributed by atoms with Crippen molar-refractivity contribution in [3.8, 4) is 0 Å². The van der Waals surface area contributed by atoms with Gasteiger partial charge in [0.25, 0.3) is 0 Å². The van der Waals surface area contributed by atoms with E-state index in [9.17, 15) is 4.79 Å². The maximum Gasteiger partial charge on any atom is 0.240 e. The molecule has 1 aromatic heterocycles. The Morgan fingerprint density at radius 1 is 1.28 bits per heavy atom. The summed E-state index contributed by atoms with van der Waals surface area (Å²) in [6, 6.07) is 9.95. The van der Waals surface area contributed by atoms with Crippen molar-refractivity contribution in [1.82, 2.24) is 15.1 Å². The number of likely N-dealkylation sites (tertiary alicyclic amines) is 1. The van der Waals surface area contributed by atoms with Gasteiger partial charge in [0.1, 0.15) is 5.25 Å². The number of benzene rings is 1. The van der Waals surface area contributed by atoms with E-state index in [4.69, 9.17) is 0 Å². The molecule has 1 amide bonds. The zero-order chi connectivity index (χ0) is 17.5. The first-order valence-corrected chi connectivity index (χ1v) is 10.2.